The van der Waals surface area contributed by atoms with Crippen molar-refractivity contribution in [2.45, 2.75) is 13.0 Å². The van der Waals surface area contributed by atoms with Gasteiger partial charge in [-0.25, -0.2) is 0 Å². The molecule has 0 spiro atoms. The Hall–Kier alpha value is -1.65. The molecular formula is C14H18N2O2. The summed E-state index contributed by atoms with van der Waals surface area (Å²) in [5.74, 6) is -0.0170. The molecule has 0 unspecified atom stereocenters. The van der Waals surface area contributed by atoms with Gasteiger partial charge < -0.3 is 15.0 Å². The van der Waals surface area contributed by atoms with Gasteiger partial charge in [-0.15, -0.1) is 0 Å². The molecular weight excluding hydrogens is 228 g/mol. The van der Waals surface area contributed by atoms with Crippen molar-refractivity contribution < 1.29 is 9.53 Å². The fourth-order valence-corrected chi connectivity index (χ4v) is 2.14. The molecule has 2 rings (SSSR count). The first-order chi connectivity index (χ1) is 8.77. The SMILES string of the molecule is COCCCn1cc(C(=O)CN)c2ccccc21. The van der Waals surface area contributed by atoms with E-state index in [4.69, 9.17) is 10.5 Å². The summed E-state index contributed by atoms with van der Waals surface area (Å²) in [6, 6.07) is 7.90. The van der Waals surface area contributed by atoms with Crippen LogP contribution < -0.4 is 5.73 Å². The number of hydrogen-bond acceptors (Lipinski definition) is 3. The maximum atomic E-state index is 11.8. The number of para-hydroxylation sites is 1. The molecule has 0 bridgehead atoms. The Morgan fingerprint density at radius 2 is 2.17 bits per heavy atom. The summed E-state index contributed by atoms with van der Waals surface area (Å²) in [5, 5.41) is 0.977. The van der Waals surface area contributed by atoms with Gasteiger partial charge in [0.25, 0.3) is 0 Å². The van der Waals surface area contributed by atoms with E-state index in [0.29, 0.717) is 12.2 Å². The zero-order valence-electron chi connectivity index (χ0n) is 10.6. The molecule has 4 heteroatoms. The lowest BCUT2D eigenvalue weighted by molar-refractivity contribution is 0.100. The largest absolute Gasteiger partial charge is 0.385 e. The Bertz CT molecular complexity index is 546. The second-order valence-corrected chi connectivity index (χ2v) is 4.23. The van der Waals surface area contributed by atoms with Gasteiger partial charge >= 0.3 is 0 Å². The maximum Gasteiger partial charge on any atom is 0.178 e. The van der Waals surface area contributed by atoms with Crippen LogP contribution in [0.25, 0.3) is 10.9 Å². The molecule has 1 aromatic heterocycles. The molecule has 2 N–H and O–H groups in total. The normalized spacial score (nSPS) is 11.0. The van der Waals surface area contributed by atoms with E-state index < -0.39 is 0 Å². The monoisotopic (exact) mass is 246 g/mol. The van der Waals surface area contributed by atoms with E-state index in [2.05, 4.69) is 4.57 Å². The Morgan fingerprint density at radius 3 is 2.89 bits per heavy atom. The number of carbonyl (C=O) groups is 1. The minimum atomic E-state index is -0.0170. The highest BCUT2D eigenvalue weighted by Crippen LogP contribution is 2.21. The predicted molar refractivity (Wildman–Crippen MR) is 71.8 cm³/mol. The topological polar surface area (TPSA) is 57.2 Å². The third-order valence-corrected chi connectivity index (χ3v) is 3.02. The van der Waals surface area contributed by atoms with E-state index in [9.17, 15) is 4.79 Å². The van der Waals surface area contributed by atoms with Crippen molar-refractivity contribution in [2.75, 3.05) is 20.3 Å². The van der Waals surface area contributed by atoms with E-state index in [-0.39, 0.29) is 12.3 Å². The molecule has 0 aliphatic carbocycles. The Kier molecular flexibility index (Phi) is 4.12. The number of rotatable bonds is 6. The van der Waals surface area contributed by atoms with Crippen LogP contribution in [0.2, 0.25) is 0 Å². The first kappa shape index (κ1) is 12.8. The first-order valence-electron chi connectivity index (χ1n) is 6.08. The fraction of sp³-hybridized carbons (Fsp3) is 0.357. The van der Waals surface area contributed by atoms with Gasteiger partial charge in [0, 0.05) is 42.9 Å². The Balaban J connectivity index is 2.38. The molecule has 0 aliphatic heterocycles. The molecule has 96 valence electrons. The van der Waals surface area contributed by atoms with E-state index in [1.165, 1.54) is 0 Å². The number of aryl methyl sites for hydroxylation is 1. The summed E-state index contributed by atoms with van der Waals surface area (Å²) in [4.78, 5) is 11.8. The maximum absolute atomic E-state index is 11.8. The van der Waals surface area contributed by atoms with Gasteiger partial charge in [-0.3, -0.25) is 4.79 Å². The summed E-state index contributed by atoms with van der Waals surface area (Å²) < 4.78 is 7.15. The molecule has 0 atom stereocenters. The molecule has 0 amide bonds. The van der Waals surface area contributed by atoms with Crippen LogP contribution in [0.15, 0.2) is 30.5 Å². The first-order valence-corrected chi connectivity index (χ1v) is 6.08. The third kappa shape index (κ3) is 2.44. The molecule has 4 nitrogen and oxygen atoms in total. The Labute approximate surface area is 106 Å². The second kappa shape index (κ2) is 5.80. The number of aromatic nitrogens is 1. The molecule has 18 heavy (non-hydrogen) atoms. The standard InChI is InChI=1S/C14H18N2O2/c1-18-8-4-7-16-10-12(14(17)9-15)11-5-2-3-6-13(11)16/h2-3,5-6,10H,4,7-9,15H2,1H3. The number of methoxy groups -OCH3 is 1. The van der Waals surface area contributed by atoms with Crippen molar-refractivity contribution in [1.29, 1.82) is 0 Å². The second-order valence-electron chi connectivity index (χ2n) is 4.23. The summed E-state index contributed by atoms with van der Waals surface area (Å²) in [6.45, 7) is 1.60. The Morgan fingerprint density at radius 1 is 1.39 bits per heavy atom. The number of nitrogens with two attached hydrogens (primary N) is 1. The summed E-state index contributed by atoms with van der Waals surface area (Å²) >= 11 is 0. The molecule has 1 aromatic carbocycles. The number of carbonyl (C=O) groups excluding carboxylic acids is 1. The smallest absolute Gasteiger partial charge is 0.178 e. The summed E-state index contributed by atoms with van der Waals surface area (Å²) in [5.41, 5.74) is 7.24. The van der Waals surface area contributed by atoms with Crippen LogP contribution >= 0.6 is 0 Å². The van der Waals surface area contributed by atoms with E-state index >= 15 is 0 Å². The number of hydrogen-bond donors (Lipinski definition) is 1. The van der Waals surface area contributed by atoms with E-state index in [1.54, 1.807) is 7.11 Å². The minimum absolute atomic E-state index is 0.0170. The van der Waals surface area contributed by atoms with Gasteiger partial charge in [-0.1, -0.05) is 18.2 Å². The van der Waals surface area contributed by atoms with Crippen LogP contribution in [-0.2, 0) is 11.3 Å². The summed E-state index contributed by atoms with van der Waals surface area (Å²) in [6.07, 6.45) is 2.82. The number of fused-ring (bicyclic) bond motifs is 1. The van der Waals surface area contributed by atoms with Crippen LogP contribution in [0, 0.1) is 0 Å². The minimum Gasteiger partial charge on any atom is -0.385 e. The zero-order chi connectivity index (χ0) is 13.0. The van der Waals surface area contributed by atoms with Crippen molar-refractivity contribution >= 4 is 16.7 Å². The van der Waals surface area contributed by atoms with Crippen molar-refractivity contribution in [3.8, 4) is 0 Å². The molecule has 0 saturated carbocycles. The average Bonchev–Trinajstić information content (AvgIpc) is 2.78. The summed E-state index contributed by atoms with van der Waals surface area (Å²) in [7, 11) is 1.69. The molecule has 0 fully saturated rings. The van der Waals surface area contributed by atoms with Gasteiger partial charge in [-0.05, 0) is 12.5 Å². The van der Waals surface area contributed by atoms with Gasteiger partial charge in [0.2, 0.25) is 0 Å². The highest BCUT2D eigenvalue weighted by Gasteiger charge is 2.12. The number of nitrogens with zero attached hydrogens (tertiary/aromatic N) is 1. The van der Waals surface area contributed by atoms with Crippen LogP contribution in [0.3, 0.4) is 0 Å². The van der Waals surface area contributed by atoms with Crippen molar-refractivity contribution in [3.63, 3.8) is 0 Å². The highest BCUT2D eigenvalue weighted by molar-refractivity contribution is 6.08. The number of benzene rings is 1. The molecule has 0 saturated heterocycles. The number of ketones is 1. The molecule has 1 heterocycles. The number of ether oxygens (including phenoxy) is 1. The van der Waals surface area contributed by atoms with E-state index in [0.717, 1.165) is 23.9 Å². The van der Waals surface area contributed by atoms with Crippen molar-refractivity contribution in [1.82, 2.24) is 4.57 Å². The van der Waals surface area contributed by atoms with Crippen LogP contribution in [0.1, 0.15) is 16.8 Å². The zero-order valence-corrected chi connectivity index (χ0v) is 10.6. The van der Waals surface area contributed by atoms with Crippen molar-refractivity contribution in [3.05, 3.63) is 36.0 Å². The predicted octanol–water partition coefficient (Wildman–Crippen LogP) is 1.82. The molecule has 2 aromatic rings. The highest BCUT2D eigenvalue weighted by atomic mass is 16.5. The lowest BCUT2D eigenvalue weighted by Gasteiger charge is -2.04. The van der Waals surface area contributed by atoms with Crippen LogP contribution in [-0.4, -0.2) is 30.6 Å². The lowest BCUT2D eigenvalue weighted by Crippen LogP contribution is -2.13. The van der Waals surface area contributed by atoms with Gasteiger partial charge in [0.05, 0.1) is 6.54 Å². The fourth-order valence-electron chi connectivity index (χ4n) is 2.14. The molecule has 0 aliphatic rings. The van der Waals surface area contributed by atoms with Gasteiger partial charge in [-0.2, -0.15) is 0 Å². The van der Waals surface area contributed by atoms with Gasteiger partial charge in [0.15, 0.2) is 5.78 Å². The lowest BCUT2D eigenvalue weighted by atomic mass is 10.1. The van der Waals surface area contributed by atoms with E-state index in [1.807, 2.05) is 30.5 Å². The van der Waals surface area contributed by atoms with Crippen LogP contribution in [0.4, 0.5) is 0 Å². The van der Waals surface area contributed by atoms with Crippen LogP contribution in [0.5, 0.6) is 0 Å². The van der Waals surface area contributed by atoms with Crippen molar-refractivity contribution in [2.24, 2.45) is 5.73 Å². The molecule has 0 radical (unpaired) electrons. The van der Waals surface area contributed by atoms with Gasteiger partial charge in [0.1, 0.15) is 0 Å². The average molecular weight is 246 g/mol. The quantitative estimate of drug-likeness (QED) is 0.625. The number of Topliss-reactive ketones (excluding diaryl/α,β-unsaturated/α-hetero) is 1. The third-order valence-electron chi connectivity index (χ3n) is 3.02.